The molecule has 0 amide bonds. The lowest BCUT2D eigenvalue weighted by molar-refractivity contribution is -0.138. The van der Waals surface area contributed by atoms with Crippen molar-refractivity contribution in [2.24, 2.45) is 0 Å². The Morgan fingerprint density at radius 1 is 0.383 bits per heavy atom. The number of rotatable bonds is 41. The van der Waals surface area contributed by atoms with Crippen molar-refractivity contribution in [1.29, 1.82) is 0 Å². The minimum atomic E-state index is -0.627. The van der Waals surface area contributed by atoms with Gasteiger partial charge in [-0.3, -0.25) is 9.69 Å². The molecule has 0 aromatic carbocycles. The summed E-state index contributed by atoms with van der Waals surface area (Å²) in [5, 5.41) is 9.57. The topological polar surface area (TPSA) is 40.5 Å². The molecule has 0 fully saturated rings. The largest absolute Gasteiger partial charge is 0.481 e. The van der Waals surface area contributed by atoms with Crippen LogP contribution in [0.3, 0.4) is 0 Å². The molecule has 0 aromatic rings. The molecule has 0 aliphatic heterocycles. The second kappa shape index (κ2) is 39.9. The van der Waals surface area contributed by atoms with Gasteiger partial charge in [-0.15, -0.1) is 0 Å². The van der Waals surface area contributed by atoms with E-state index >= 15 is 0 Å². The van der Waals surface area contributed by atoms with Crippen molar-refractivity contribution in [3.63, 3.8) is 0 Å². The summed E-state index contributed by atoms with van der Waals surface area (Å²) in [7, 11) is 0. The Kier molecular flexibility index (Phi) is 39.4. The van der Waals surface area contributed by atoms with E-state index in [0.717, 1.165) is 25.9 Å². The van der Waals surface area contributed by atoms with Crippen LogP contribution in [0.25, 0.3) is 0 Å². The van der Waals surface area contributed by atoms with Gasteiger partial charge >= 0.3 is 5.97 Å². The molecule has 1 atom stereocenters. The van der Waals surface area contributed by atoms with Crippen LogP contribution in [0.5, 0.6) is 0 Å². The predicted octanol–water partition coefficient (Wildman–Crippen LogP) is 15.2. The Balaban J connectivity index is 3.86. The normalized spacial score (nSPS) is 12.3. The first-order valence-electron chi connectivity index (χ1n) is 22.1. The first kappa shape index (κ1) is 46.4. The summed E-state index contributed by atoms with van der Waals surface area (Å²) < 4.78 is 0. The van der Waals surface area contributed by atoms with Crippen LogP contribution in [-0.2, 0) is 4.79 Å². The molecule has 0 aromatic heterocycles. The maximum Gasteiger partial charge on any atom is 0.304 e. The zero-order valence-electron chi connectivity index (χ0n) is 33.0. The average Bonchev–Trinajstić information content (AvgIpc) is 3.06. The van der Waals surface area contributed by atoms with Crippen LogP contribution in [0.2, 0.25) is 0 Å². The molecule has 1 unspecified atom stereocenters. The fourth-order valence-electron chi connectivity index (χ4n) is 7.51. The van der Waals surface area contributed by atoms with E-state index in [9.17, 15) is 9.90 Å². The van der Waals surface area contributed by atoms with Crippen LogP contribution in [0.4, 0.5) is 0 Å². The maximum atomic E-state index is 11.6. The lowest BCUT2D eigenvalue weighted by Crippen LogP contribution is -2.38. The summed E-state index contributed by atoms with van der Waals surface area (Å²) in [6.45, 7) is 8.99. The summed E-state index contributed by atoms with van der Waals surface area (Å²) in [5.41, 5.74) is 0. The molecule has 0 saturated carbocycles. The maximum absolute atomic E-state index is 11.6. The Labute approximate surface area is 297 Å². The molecular formula is C44H89NO2. The number of carboxylic acids is 1. The van der Waals surface area contributed by atoms with Crippen molar-refractivity contribution < 1.29 is 9.90 Å². The average molecular weight is 664 g/mol. The molecule has 282 valence electrons. The van der Waals surface area contributed by atoms with E-state index in [1.54, 1.807) is 0 Å². The van der Waals surface area contributed by atoms with Gasteiger partial charge in [-0.25, -0.2) is 0 Å². The van der Waals surface area contributed by atoms with Crippen LogP contribution in [0.15, 0.2) is 0 Å². The number of hydrogen-bond donors (Lipinski definition) is 1. The van der Waals surface area contributed by atoms with E-state index in [2.05, 4.69) is 25.7 Å². The predicted molar refractivity (Wildman–Crippen MR) is 211 cm³/mol. The summed E-state index contributed by atoms with van der Waals surface area (Å²) in [4.78, 5) is 14.2. The molecule has 0 radical (unpaired) electrons. The third-order valence-electron chi connectivity index (χ3n) is 10.6. The lowest BCUT2D eigenvalue weighted by Gasteiger charge is -2.31. The van der Waals surface area contributed by atoms with Gasteiger partial charge < -0.3 is 5.11 Å². The summed E-state index contributed by atoms with van der Waals surface area (Å²) in [5.74, 6) is -0.627. The van der Waals surface area contributed by atoms with Crippen molar-refractivity contribution >= 4 is 5.97 Å². The molecule has 0 aliphatic rings. The van der Waals surface area contributed by atoms with Crippen molar-refractivity contribution in [1.82, 2.24) is 4.90 Å². The van der Waals surface area contributed by atoms with Crippen LogP contribution < -0.4 is 0 Å². The number of aliphatic carboxylic acids is 1. The third-order valence-corrected chi connectivity index (χ3v) is 10.6. The Hall–Kier alpha value is -0.570. The van der Waals surface area contributed by atoms with Gasteiger partial charge in [-0.1, -0.05) is 233 Å². The van der Waals surface area contributed by atoms with Gasteiger partial charge in [-0.05, 0) is 32.4 Å². The number of unbranched alkanes of at least 4 members (excludes halogenated alkanes) is 32. The number of nitrogens with zero attached hydrogens (tertiary/aromatic N) is 1. The first-order valence-corrected chi connectivity index (χ1v) is 22.1. The molecule has 1 N–H and O–H groups in total. The van der Waals surface area contributed by atoms with Crippen molar-refractivity contribution in [3.8, 4) is 0 Å². The van der Waals surface area contributed by atoms with Crippen molar-refractivity contribution in [2.45, 2.75) is 264 Å². The Morgan fingerprint density at radius 3 is 0.830 bits per heavy atom. The smallest absolute Gasteiger partial charge is 0.304 e. The molecule has 3 heteroatoms. The SMILES string of the molecule is CCCCCCCCCCCCCCCCCCCN(CCCCCCCCCCCCCCCCCCC)C(CCC)CC(=O)O. The Morgan fingerprint density at radius 2 is 0.617 bits per heavy atom. The van der Waals surface area contributed by atoms with Gasteiger partial charge in [0.05, 0.1) is 6.42 Å². The highest BCUT2D eigenvalue weighted by Gasteiger charge is 2.20. The van der Waals surface area contributed by atoms with Gasteiger partial charge in [0, 0.05) is 6.04 Å². The quantitative estimate of drug-likeness (QED) is 0.0662. The van der Waals surface area contributed by atoms with E-state index in [0.29, 0.717) is 6.42 Å². The van der Waals surface area contributed by atoms with E-state index in [-0.39, 0.29) is 6.04 Å². The standard InChI is InChI=1S/C44H89NO2/c1-4-7-9-11-13-15-17-19-21-23-25-27-29-31-33-35-37-40-45(43(39-6-3)42-44(46)47)41-38-36-34-32-30-28-26-24-22-20-18-16-14-12-10-8-5-2/h43H,4-42H2,1-3H3,(H,46,47). The first-order chi connectivity index (χ1) is 23.2. The number of carboxylic acid groups (broad SMARTS) is 1. The molecule has 3 nitrogen and oxygen atoms in total. The highest BCUT2D eigenvalue weighted by atomic mass is 16.4. The second-order valence-electron chi connectivity index (χ2n) is 15.4. The zero-order valence-corrected chi connectivity index (χ0v) is 33.0. The highest BCUT2D eigenvalue weighted by molar-refractivity contribution is 5.67. The minimum absolute atomic E-state index is 0.222. The fourth-order valence-corrected chi connectivity index (χ4v) is 7.51. The fraction of sp³-hybridized carbons (Fsp3) is 0.977. The minimum Gasteiger partial charge on any atom is -0.481 e. The molecule has 0 rings (SSSR count). The lowest BCUT2D eigenvalue weighted by atomic mass is 10.0. The summed E-state index contributed by atoms with van der Waals surface area (Å²) in [6, 6.07) is 0.222. The van der Waals surface area contributed by atoms with Crippen LogP contribution in [0.1, 0.15) is 258 Å². The van der Waals surface area contributed by atoms with E-state index < -0.39 is 5.97 Å². The van der Waals surface area contributed by atoms with Gasteiger partial charge in [-0.2, -0.15) is 0 Å². The third kappa shape index (κ3) is 36.5. The van der Waals surface area contributed by atoms with Crippen LogP contribution in [0, 0.1) is 0 Å². The molecular weight excluding hydrogens is 574 g/mol. The molecule has 0 bridgehead atoms. The second-order valence-corrected chi connectivity index (χ2v) is 15.4. The van der Waals surface area contributed by atoms with E-state index in [4.69, 9.17) is 0 Å². The van der Waals surface area contributed by atoms with Crippen molar-refractivity contribution in [2.75, 3.05) is 13.1 Å². The molecule has 0 aliphatic carbocycles. The number of carbonyl (C=O) groups is 1. The van der Waals surface area contributed by atoms with E-state index in [1.165, 1.54) is 218 Å². The van der Waals surface area contributed by atoms with Gasteiger partial charge in [0.2, 0.25) is 0 Å². The molecule has 47 heavy (non-hydrogen) atoms. The van der Waals surface area contributed by atoms with Gasteiger partial charge in [0.25, 0.3) is 0 Å². The van der Waals surface area contributed by atoms with Crippen molar-refractivity contribution in [3.05, 3.63) is 0 Å². The van der Waals surface area contributed by atoms with Crippen LogP contribution in [-0.4, -0.2) is 35.1 Å². The summed E-state index contributed by atoms with van der Waals surface area (Å²) in [6.07, 6.45) is 50.2. The summed E-state index contributed by atoms with van der Waals surface area (Å²) >= 11 is 0. The van der Waals surface area contributed by atoms with Crippen LogP contribution >= 0.6 is 0 Å². The Bertz CT molecular complexity index is 555. The monoisotopic (exact) mass is 664 g/mol. The molecule has 0 spiro atoms. The number of hydrogen-bond acceptors (Lipinski definition) is 2. The van der Waals surface area contributed by atoms with E-state index in [1.807, 2.05) is 0 Å². The molecule has 0 heterocycles. The van der Waals surface area contributed by atoms with Gasteiger partial charge in [0.1, 0.15) is 0 Å². The van der Waals surface area contributed by atoms with Gasteiger partial charge in [0.15, 0.2) is 0 Å². The molecule has 0 saturated heterocycles. The highest BCUT2D eigenvalue weighted by Crippen LogP contribution is 2.18. The zero-order chi connectivity index (χ0) is 34.3.